The summed E-state index contributed by atoms with van der Waals surface area (Å²) in [5.74, 6) is -2.30. The minimum Gasteiger partial charge on any atom is -0.465 e. The average molecular weight is 1030 g/mol. The summed E-state index contributed by atoms with van der Waals surface area (Å²) in [5, 5.41) is 1.82. The van der Waals surface area contributed by atoms with Crippen molar-refractivity contribution in [1.29, 1.82) is 0 Å². The van der Waals surface area contributed by atoms with Gasteiger partial charge in [-0.25, -0.2) is 35.2 Å². The summed E-state index contributed by atoms with van der Waals surface area (Å²) in [5.41, 5.74) is 1.96. The van der Waals surface area contributed by atoms with Crippen molar-refractivity contribution in [2.75, 3.05) is 62.1 Å². The maximum atomic E-state index is 13.8. The number of rotatable bonds is 14. The monoisotopic (exact) mass is 1030 g/mol. The van der Waals surface area contributed by atoms with Crippen LogP contribution < -0.4 is 13.9 Å². The molecule has 67 heavy (non-hydrogen) atoms. The Bertz CT molecular complexity index is 2390. The van der Waals surface area contributed by atoms with Crippen LogP contribution in [-0.2, 0) is 42.6 Å². The van der Waals surface area contributed by atoms with Crippen LogP contribution >= 0.6 is 35.6 Å². The largest absolute Gasteiger partial charge is 0.465 e. The highest BCUT2D eigenvalue weighted by atomic mass is 35.5. The molecule has 3 saturated heterocycles. The van der Waals surface area contributed by atoms with E-state index in [0.717, 1.165) is 38.3 Å². The molecule has 364 valence electrons. The highest BCUT2D eigenvalue weighted by Crippen LogP contribution is 2.34. The zero-order valence-electron chi connectivity index (χ0n) is 37.0. The van der Waals surface area contributed by atoms with Gasteiger partial charge in [0.05, 0.1) is 81.7 Å². The van der Waals surface area contributed by atoms with Crippen molar-refractivity contribution in [3.63, 3.8) is 0 Å². The first-order valence-corrected chi connectivity index (χ1v) is 25.5. The van der Waals surface area contributed by atoms with Gasteiger partial charge >= 0.3 is 11.9 Å². The fraction of sp³-hybridized carbons (Fsp3) is 0.467. The molecular weight excluding hydrogens is 975 g/mol. The molecule has 1 N–H and O–H groups in total. The summed E-state index contributed by atoms with van der Waals surface area (Å²) in [6.45, 7) is 4.65. The summed E-state index contributed by atoms with van der Waals surface area (Å²) < 4.78 is 94.4. The van der Waals surface area contributed by atoms with Crippen LogP contribution in [0.25, 0.3) is 0 Å². The fourth-order valence-corrected chi connectivity index (χ4v) is 12.6. The van der Waals surface area contributed by atoms with E-state index in [1.165, 1.54) is 90.9 Å². The molecule has 8 rings (SSSR count). The predicted molar refractivity (Wildman–Crippen MR) is 255 cm³/mol. The number of esters is 2. The molecule has 4 aromatic rings. The Morgan fingerprint density at radius 3 is 1.36 bits per heavy atom. The van der Waals surface area contributed by atoms with E-state index >= 15 is 0 Å². The van der Waals surface area contributed by atoms with Crippen molar-refractivity contribution < 1.29 is 44.7 Å². The SMILES string of the molecule is COC(=O)c1ccc(CN(c2ccc(F)c(Cl)c2)S(=O)(=O)C2CCN(C3CCC3)CC2)nc1.COC(=O)c1ccc(CN(c2ccc(F)c(Cl)c2)S(=O)(=O)C2CCN(C3CNC3)CC2)nc1.Cl. The molecule has 3 aliphatic heterocycles. The van der Waals surface area contributed by atoms with E-state index in [-0.39, 0.29) is 58.0 Å². The Kier molecular flexibility index (Phi) is 17.9. The van der Waals surface area contributed by atoms with E-state index in [4.69, 9.17) is 23.2 Å². The molecule has 1 aliphatic carbocycles. The van der Waals surface area contributed by atoms with E-state index in [2.05, 4.69) is 34.6 Å². The number of nitrogens with zero attached hydrogens (tertiary/aromatic N) is 6. The van der Waals surface area contributed by atoms with E-state index in [1.807, 2.05) is 0 Å². The maximum absolute atomic E-state index is 13.8. The van der Waals surface area contributed by atoms with Gasteiger partial charge in [0.2, 0.25) is 20.0 Å². The van der Waals surface area contributed by atoms with Crippen LogP contribution in [0, 0.1) is 11.6 Å². The van der Waals surface area contributed by atoms with Gasteiger partial charge in [-0.1, -0.05) is 29.6 Å². The van der Waals surface area contributed by atoms with Crippen LogP contribution in [0.1, 0.15) is 77.0 Å². The Balaban J connectivity index is 0.000000218. The van der Waals surface area contributed by atoms with Crippen molar-refractivity contribution in [2.24, 2.45) is 0 Å². The third-order valence-electron chi connectivity index (χ3n) is 12.8. The number of carbonyl (C=O) groups excluding carboxylic acids is 2. The van der Waals surface area contributed by atoms with Crippen LogP contribution in [0.4, 0.5) is 20.2 Å². The standard InChI is InChI=1S/C23H27ClFN3O4S.C22H26ClFN4O4S.ClH/c1-32-23(29)16-5-6-17(26-14-16)15-28(19-7-8-22(25)21(24)13-19)33(30,31)20-9-11-27(12-10-20)18-3-2-4-18;1-32-22(29)15-2-3-16(26-11-15)14-28(17-4-5-21(24)20(23)10-17)33(30,31)19-6-8-27(9-7-19)18-12-25-13-18;/h5-8,13-14,18,20H,2-4,9-12,15H2,1H3;2-5,10-11,18-19,25H,6-9,12-14H2,1H3;1H. The Morgan fingerprint density at radius 2 is 1.06 bits per heavy atom. The van der Waals surface area contributed by atoms with Gasteiger partial charge < -0.3 is 19.7 Å². The second kappa shape index (κ2) is 22.9. The van der Waals surface area contributed by atoms with Crippen LogP contribution in [-0.4, -0.2) is 125 Å². The summed E-state index contributed by atoms with van der Waals surface area (Å²) in [7, 11) is -5.03. The Hall–Kier alpha value is -4.21. The smallest absolute Gasteiger partial charge is 0.339 e. The van der Waals surface area contributed by atoms with Crippen LogP contribution in [0.5, 0.6) is 0 Å². The van der Waals surface area contributed by atoms with Gasteiger partial charge in [0.1, 0.15) is 11.6 Å². The van der Waals surface area contributed by atoms with Crippen molar-refractivity contribution in [2.45, 2.75) is 80.6 Å². The minimum atomic E-state index is -3.80. The van der Waals surface area contributed by atoms with E-state index in [9.17, 15) is 35.2 Å². The zero-order chi connectivity index (χ0) is 47.2. The third-order valence-corrected chi connectivity index (χ3v) is 17.9. The van der Waals surface area contributed by atoms with E-state index < -0.39 is 54.1 Å². The number of aromatic nitrogens is 2. The molecule has 5 heterocycles. The number of nitrogens with one attached hydrogen (secondary N) is 1. The molecule has 0 bridgehead atoms. The van der Waals surface area contributed by atoms with Crippen molar-refractivity contribution >= 4 is 79.0 Å². The minimum absolute atomic E-state index is 0. The predicted octanol–water partition coefficient (Wildman–Crippen LogP) is 6.87. The number of sulfonamides is 2. The number of hydrogen-bond donors (Lipinski definition) is 1. The third kappa shape index (κ3) is 12.3. The maximum Gasteiger partial charge on any atom is 0.339 e. The number of carbonyl (C=O) groups is 2. The zero-order valence-corrected chi connectivity index (χ0v) is 41.0. The van der Waals surface area contributed by atoms with Crippen molar-refractivity contribution in [1.82, 2.24) is 25.1 Å². The highest BCUT2D eigenvalue weighted by Gasteiger charge is 2.39. The van der Waals surface area contributed by atoms with Gasteiger partial charge in [0, 0.05) is 37.6 Å². The summed E-state index contributed by atoms with van der Waals surface area (Å²) >= 11 is 11.9. The Labute approximate surface area is 406 Å². The summed E-state index contributed by atoms with van der Waals surface area (Å²) in [6, 6.07) is 15.0. The molecule has 0 unspecified atom stereocenters. The van der Waals surface area contributed by atoms with Gasteiger partial charge in [-0.15, -0.1) is 12.4 Å². The summed E-state index contributed by atoms with van der Waals surface area (Å²) in [4.78, 5) is 36.6. The number of halogens is 5. The van der Waals surface area contributed by atoms with Gasteiger partial charge in [-0.05, 0) is 125 Å². The molecule has 15 nitrogen and oxygen atoms in total. The number of likely N-dealkylation sites (tertiary alicyclic amines) is 2. The van der Waals surface area contributed by atoms with Crippen molar-refractivity contribution in [3.8, 4) is 0 Å². The fourth-order valence-electron chi connectivity index (χ4n) is 8.47. The highest BCUT2D eigenvalue weighted by molar-refractivity contribution is 7.93. The number of benzene rings is 2. The first-order chi connectivity index (χ1) is 31.6. The molecule has 2 aromatic carbocycles. The molecule has 0 atom stereocenters. The number of ether oxygens (including phenoxy) is 2. The molecule has 0 amide bonds. The first-order valence-electron chi connectivity index (χ1n) is 21.8. The lowest BCUT2D eigenvalue weighted by atomic mass is 9.90. The molecule has 0 radical (unpaired) electrons. The van der Waals surface area contributed by atoms with Crippen LogP contribution in [0.3, 0.4) is 0 Å². The molecular formula is C45H54Cl3F2N7O8S2. The molecule has 0 spiro atoms. The second-order valence-electron chi connectivity index (χ2n) is 16.7. The second-order valence-corrected chi connectivity index (χ2v) is 21.8. The van der Waals surface area contributed by atoms with Crippen LogP contribution in [0.15, 0.2) is 73.1 Å². The first kappa shape index (κ1) is 52.2. The van der Waals surface area contributed by atoms with E-state index in [0.29, 0.717) is 62.2 Å². The molecule has 22 heteroatoms. The Morgan fingerprint density at radius 1 is 0.657 bits per heavy atom. The van der Waals surface area contributed by atoms with Crippen molar-refractivity contribution in [3.05, 3.63) is 117 Å². The normalized spacial score (nSPS) is 17.8. The van der Waals surface area contributed by atoms with Crippen LogP contribution in [0.2, 0.25) is 10.0 Å². The summed E-state index contributed by atoms with van der Waals surface area (Å²) in [6.07, 6.45) is 8.41. The molecule has 4 aliphatic rings. The van der Waals surface area contributed by atoms with Gasteiger partial charge in [0.25, 0.3) is 0 Å². The molecule has 2 aromatic heterocycles. The molecule has 1 saturated carbocycles. The number of methoxy groups -OCH3 is 2. The van der Waals surface area contributed by atoms with Gasteiger partial charge in [-0.3, -0.25) is 23.5 Å². The van der Waals surface area contributed by atoms with Gasteiger partial charge in [0.15, 0.2) is 0 Å². The lowest BCUT2D eigenvalue weighted by molar-refractivity contribution is 0.0591. The van der Waals surface area contributed by atoms with E-state index in [1.54, 1.807) is 12.1 Å². The lowest BCUT2D eigenvalue weighted by Crippen LogP contribution is -2.59. The molecule has 4 fully saturated rings. The quantitative estimate of drug-likeness (QED) is 0.130. The van der Waals surface area contributed by atoms with Gasteiger partial charge in [-0.2, -0.15) is 0 Å². The number of pyridine rings is 2. The number of hydrogen-bond acceptors (Lipinski definition) is 13. The average Bonchev–Trinajstić information content (AvgIpc) is 3.28. The number of piperidine rings is 2. The lowest BCUT2D eigenvalue weighted by Gasteiger charge is -2.42. The topological polar surface area (TPSA) is 172 Å². The number of anilines is 2.